The topological polar surface area (TPSA) is 75.7 Å². The van der Waals surface area contributed by atoms with Crippen molar-refractivity contribution >= 4 is 28.6 Å². The molecule has 3 rings (SSSR count). The monoisotopic (exact) mass is 267 g/mol. The first-order valence-corrected chi connectivity index (χ1v) is 6.26. The predicted octanol–water partition coefficient (Wildman–Crippen LogP) is 1.99. The second-order valence-corrected chi connectivity index (χ2v) is 4.87. The molecule has 1 fully saturated rings. The van der Waals surface area contributed by atoms with E-state index in [0.717, 1.165) is 18.4 Å². The van der Waals surface area contributed by atoms with Crippen LogP contribution >= 0.6 is 11.6 Å². The van der Waals surface area contributed by atoms with Crippen LogP contribution in [-0.4, -0.2) is 39.2 Å². The van der Waals surface area contributed by atoms with Crippen molar-refractivity contribution in [2.24, 2.45) is 0 Å². The summed E-state index contributed by atoms with van der Waals surface area (Å²) in [5, 5.41) is 3.47. The zero-order chi connectivity index (χ0) is 12.6. The quantitative estimate of drug-likeness (QED) is 0.829. The van der Waals surface area contributed by atoms with E-state index in [0.29, 0.717) is 18.0 Å². The summed E-state index contributed by atoms with van der Waals surface area (Å²) in [5.74, 6) is 0.672. The Morgan fingerprint density at radius 2 is 2.33 bits per heavy atom. The Kier molecular flexibility index (Phi) is 2.83. The molecular weight excluding hydrogens is 254 g/mol. The molecule has 0 aliphatic heterocycles. The number of hydrogen-bond donors (Lipinski definition) is 2. The lowest BCUT2D eigenvalue weighted by Crippen LogP contribution is -2.45. The molecule has 0 aromatic carbocycles. The molecule has 2 heterocycles. The third-order valence-electron chi connectivity index (χ3n) is 3.53. The van der Waals surface area contributed by atoms with Gasteiger partial charge in [-0.25, -0.2) is 4.98 Å². The molecule has 0 bridgehead atoms. The minimum Gasteiger partial charge on any atom is -0.376 e. The summed E-state index contributed by atoms with van der Waals surface area (Å²) in [6.07, 6.45) is 4.93. The van der Waals surface area contributed by atoms with Gasteiger partial charge in [-0.15, -0.1) is 0 Å². The summed E-state index contributed by atoms with van der Waals surface area (Å²) in [5.41, 5.74) is 1.27. The molecule has 1 saturated carbocycles. The van der Waals surface area contributed by atoms with Crippen molar-refractivity contribution < 1.29 is 4.74 Å². The number of rotatable bonds is 4. The van der Waals surface area contributed by atoms with Gasteiger partial charge in [0, 0.05) is 13.7 Å². The molecule has 2 aromatic heterocycles. The largest absolute Gasteiger partial charge is 0.376 e. The first-order chi connectivity index (χ1) is 8.72. The van der Waals surface area contributed by atoms with Crippen LogP contribution in [0.1, 0.15) is 19.3 Å². The number of aromatic amines is 1. The molecular formula is C11H14ClN5O. The molecule has 2 N–H and O–H groups in total. The fraction of sp³-hybridized carbons (Fsp3) is 0.545. The maximum absolute atomic E-state index is 5.87. The molecule has 1 aliphatic carbocycles. The van der Waals surface area contributed by atoms with Crippen LogP contribution in [-0.2, 0) is 4.74 Å². The van der Waals surface area contributed by atoms with Crippen LogP contribution in [0.3, 0.4) is 0 Å². The molecule has 7 heteroatoms. The SMILES string of the molecule is COC1(CNc2nc(Cl)nc3nc[nH]c23)CCC1. The van der Waals surface area contributed by atoms with Crippen LogP contribution < -0.4 is 5.32 Å². The minimum atomic E-state index is -0.0657. The summed E-state index contributed by atoms with van der Waals surface area (Å²) >= 11 is 5.87. The maximum atomic E-state index is 5.87. The second-order valence-electron chi connectivity index (χ2n) is 4.54. The average Bonchev–Trinajstić information content (AvgIpc) is 2.75. The number of aromatic nitrogens is 4. The highest BCUT2D eigenvalue weighted by molar-refractivity contribution is 6.28. The fourth-order valence-electron chi connectivity index (χ4n) is 2.20. The van der Waals surface area contributed by atoms with Gasteiger partial charge in [0.2, 0.25) is 5.28 Å². The molecule has 0 atom stereocenters. The number of halogens is 1. The van der Waals surface area contributed by atoms with Gasteiger partial charge in [0.15, 0.2) is 11.5 Å². The molecule has 1 aliphatic rings. The van der Waals surface area contributed by atoms with Gasteiger partial charge in [-0.1, -0.05) is 0 Å². The lowest BCUT2D eigenvalue weighted by molar-refractivity contribution is -0.0601. The highest BCUT2D eigenvalue weighted by Crippen LogP contribution is 2.35. The van der Waals surface area contributed by atoms with Crippen molar-refractivity contribution in [1.29, 1.82) is 0 Å². The van der Waals surface area contributed by atoms with Gasteiger partial charge in [-0.05, 0) is 30.9 Å². The lowest BCUT2D eigenvalue weighted by Gasteiger charge is -2.40. The molecule has 0 spiro atoms. The van der Waals surface area contributed by atoms with Gasteiger partial charge in [-0.3, -0.25) is 0 Å². The molecule has 6 nitrogen and oxygen atoms in total. The van der Waals surface area contributed by atoms with Crippen molar-refractivity contribution in [3.8, 4) is 0 Å². The molecule has 18 heavy (non-hydrogen) atoms. The van der Waals surface area contributed by atoms with Crippen molar-refractivity contribution in [3.63, 3.8) is 0 Å². The van der Waals surface area contributed by atoms with Crippen LogP contribution in [0.15, 0.2) is 6.33 Å². The van der Waals surface area contributed by atoms with Gasteiger partial charge >= 0.3 is 0 Å². The smallest absolute Gasteiger partial charge is 0.226 e. The molecule has 96 valence electrons. The van der Waals surface area contributed by atoms with Gasteiger partial charge in [0.1, 0.15) is 5.52 Å². The highest BCUT2D eigenvalue weighted by Gasteiger charge is 2.36. The third-order valence-corrected chi connectivity index (χ3v) is 3.70. The van der Waals surface area contributed by atoms with E-state index in [2.05, 4.69) is 25.3 Å². The van der Waals surface area contributed by atoms with Crippen LogP contribution in [0, 0.1) is 0 Å². The lowest BCUT2D eigenvalue weighted by atomic mass is 9.80. The molecule has 2 aromatic rings. The fourth-order valence-corrected chi connectivity index (χ4v) is 2.37. The number of methoxy groups -OCH3 is 1. The zero-order valence-corrected chi connectivity index (χ0v) is 10.8. The van der Waals surface area contributed by atoms with E-state index in [9.17, 15) is 0 Å². The predicted molar refractivity (Wildman–Crippen MR) is 68.8 cm³/mol. The first kappa shape index (κ1) is 11.7. The molecule has 0 saturated heterocycles. The minimum absolute atomic E-state index is 0.0657. The molecule has 0 amide bonds. The number of imidazole rings is 1. The van der Waals surface area contributed by atoms with Crippen molar-refractivity contribution in [2.45, 2.75) is 24.9 Å². The van der Waals surface area contributed by atoms with E-state index >= 15 is 0 Å². The molecule has 0 unspecified atom stereocenters. The normalized spacial score (nSPS) is 17.7. The summed E-state index contributed by atoms with van der Waals surface area (Å²) < 4.78 is 5.55. The average molecular weight is 268 g/mol. The standard InChI is InChI=1S/C11H14ClN5O/c1-18-11(3-2-4-11)5-13-8-7-9(15-6-14-7)17-10(12)16-8/h6H,2-5H2,1H3,(H2,13,14,15,16,17). The molecule has 0 radical (unpaired) electrons. The van der Waals surface area contributed by atoms with Gasteiger partial charge in [-0.2, -0.15) is 9.97 Å². The number of anilines is 1. The number of nitrogens with one attached hydrogen (secondary N) is 2. The second kappa shape index (κ2) is 4.37. The summed E-state index contributed by atoms with van der Waals surface area (Å²) in [7, 11) is 1.75. The highest BCUT2D eigenvalue weighted by atomic mass is 35.5. The summed E-state index contributed by atoms with van der Waals surface area (Å²) in [4.78, 5) is 15.3. The Labute approximate surface area is 109 Å². The number of fused-ring (bicyclic) bond motifs is 1. The van der Waals surface area contributed by atoms with Crippen molar-refractivity contribution in [2.75, 3.05) is 19.0 Å². The van der Waals surface area contributed by atoms with Crippen LogP contribution in [0.2, 0.25) is 5.28 Å². The van der Waals surface area contributed by atoms with Gasteiger partial charge in [0.05, 0.1) is 11.9 Å². The van der Waals surface area contributed by atoms with Gasteiger partial charge in [0.25, 0.3) is 0 Å². The Morgan fingerprint density at radius 1 is 1.50 bits per heavy atom. The van der Waals surface area contributed by atoms with Crippen LogP contribution in [0.25, 0.3) is 11.2 Å². The van der Waals surface area contributed by atoms with Crippen molar-refractivity contribution in [1.82, 2.24) is 19.9 Å². The Morgan fingerprint density at radius 3 is 3.00 bits per heavy atom. The number of H-pyrrole nitrogens is 1. The van der Waals surface area contributed by atoms with E-state index in [4.69, 9.17) is 16.3 Å². The van der Waals surface area contributed by atoms with E-state index in [1.807, 2.05) is 0 Å². The Bertz CT molecular complexity index is 560. The Balaban J connectivity index is 1.83. The summed E-state index contributed by atoms with van der Waals surface area (Å²) in [6, 6.07) is 0. The van der Waals surface area contributed by atoms with E-state index in [-0.39, 0.29) is 10.9 Å². The zero-order valence-electron chi connectivity index (χ0n) is 10.0. The van der Waals surface area contributed by atoms with E-state index < -0.39 is 0 Å². The Hall–Kier alpha value is -1.40. The maximum Gasteiger partial charge on any atom is 0.226 e. The van der Waals surface area contributed by atoms with Gasteiger partial charge < -0.3 is 15.0 Å². The number of hydrogen-bond acceptors (Lipinski definition) is 5. The van der Waals surface area contributed by atoms with E-state index in [1.54, 1.807) is 13.4 Å². The number of nitrogens with zero attached hydrogens (tertiary/aromatic N) is 3. The van der Waals surface area contributed by atoms with Crippen LogP contribution in [0.5, 0.6) is 0 Å². The third kappa shape index (κ3) is 1.91. The van der Waals surface area contributed by atoms with E-state index in [1.165, 1.54) is 6.42 Å². The summed E-state index contributed by atoms with van der Waals surface area (Å²) in [6.45, 7) is 0.713. The first-order valence-electron chi connectivity index (χ1n) is 5.88. The van der Waals surface area contributed by atoms with Crippen LogP contribution in [0.4, 0.5) is 5.82 Å². The number of ether oxygens (including phenoxy) is 1. The van der Waals surface area contributed by atoms with Crippen molar-refractivity contribution in [3.05, 3.63) is 11.6 Å².